The van der Waals surface area contributed by atoms with Crippen LogP contribution in [0.5, 0.6) is 0 Å². The Morgan fingerprint density at radius 1 is 0.879 bits per heavy atom. The molecule has 0 spiro atoms. The van der Waals surface area contributed by atoms with Crippen LogP contribution in [-0.2, 0) is 29.0 Å². The smallest absolute Gasteiger partial charge is 0.243 e. The van der Waals surface area contributed by atoms with Crippen molar-refractivity contribution in [2.75, 3.05) is 0 Å². The Hall–Kier alpha value is -3.11. The molecule has 3 rings (SSSR count). The van der Waals surface area contributed by atoms with Gasteiger partial charge in [0, 0.05) is 24.0 Å². The summed E-state index contributed by atoms with van der Waals surface area (Å²) in [7, 11) is 0. The topological polar surface area (TPSA) is 49.4 Å². The van der Waals surface area contributed by atoms with E-state index in [-0.39, 0.29) is 24.3 Å². The lowest BCUT2D eigenvalue weighted by Crippen LogP contribution is -2.52. The molecule has 0 saturated carbocycles. The zero-order valence-corrected chi connectivity index (χ0v) is 20.2. The fourth-order valence-corrected chi connectivity index (χ4v) is 3.95. The van der Waals surface area contributed by atoms with E-state index in [1.807, 2.05) is 81.4 Å². The van der Waals surface area contributed by atoms with Crippen LogP contribution in [-0.4, -0.2) is 28.8 Å². The lowest BCUT2D eigenvalue weighted by molar-refractivity contribution is -0.141. The molecule has 1 N–H and O–H groups in total. The predicted molar refractivity (Wildman–Crippen MR) is 134 cm³/mol. The molecule has 0 aliphatic heterocycles. The molecule has 2 amide bonds. The lowest BCUT2D eigenvalue weighted by atomic mass is 10.0. The molecule has 33 heavy (non-hydrogen) atoms. The number of benzene rings is 3. The van der Waals surface area contributed by atoms with Crippen LogP contribution in [0.2, 0.25) is 5.02 Å². The van der Waals surface area contributed by atoms with Crippen LogP contribution in [0.1, 0.15) is 36.1 Å². The highest BCUT2D eigenvalue weighted by atomic mass is 35.5. The van der Waals surface area contributed by atoms with Gasteiger partial charge in [0.25, 0.3) is 0 Å². The van der Waals surface area contributed by atoms with Crippen molar-refractivity contribution in [2.24, 2.45) is 0 Å². The van der Waals surface area contributed by atoms with Gasteiger partial charge in [0.05, 0.1) is 6.42 Å². The highest BCUT2D eigenvalue weighted by Gasteiger charge is 2.30. The molecule has 0 saturated heterocycles. The van der Waals surface area contributed by atoms with E-state index in [0.717, 1.165) is 22.3 Å². The second kappa shape index (κ2) is 11.7. The van der Waals surface area contributed by atoms with E-state index in [9.17, 15) is 9.59 Å². The molecule has 0 bridgehead atoms. The Bertz CT molecular complexity index is 1060. The Morgan fingerprint density at radius 2 is 1.55 bits per heavy atom. The molecule has 3 aromatic rings. The van der Waals surface area contributed by atoms with E-state index < -0.39 is 6.04 Å². The van der Waals surface area contributed by atoms with Crippen molar-refractivity contribution < 1.29 is 9.59 Å². The third-order valence-electron chi connectivity index (χ3n) is 5.41. The van der Waals surface area contributed by atoms with E-state index in [2.05, 4.69) is 11.4 Å². The first-order valence-electron chi connectivity index (χ1n) is 11.3. The number of hydrogen-bond donors (Lipinski definition) is 1. The molecule has 0 unspecified atom stereocenters. The van der Waals surface area contributed by atoms with Crippen molar-refractivity contribution in [3.63, 3.8) is 0 Å². The molecule has 5 heteroatoms. The van der Waals surface area contributed by atoms with Gasteiger partial charge in [-0.05, 0) is 49.6 Å². The van der Waals surface area contributed by atoms with Crippen LogP contribution in [0.25, 0.3) is 0 Å². The number of carbonyl (C=O) groups excluding carboxylic acids is 2. The third-order valence-corrected chi connectivity index (χ3v) is 5.66. The molecular formula is C28H31ClN2O2. The summed E-state index contributed by atoms with van der Waals surface area (Å²) in [4.78, 5) is 28.7. The van der Waals surface area contributed by atoms with Crippen molar-refractivity contribution in [3.05, 3.63) is 106 Å². The number of nitrogens with one attached hydrogen (secondary N) is 1. The van der Waals surface area contributed by atoms with Crippen molar-refractivity contribution in [1.29, 1.82) is 0 Å². The summed E-state index contributed by atoms with van der Waals surface area (Å²) in [6, 6.07) is 24.5. The molecule has 0 fully saturated rings. The largest absolute Gasteiger partial charge is 0.352 e. The summed E-state index contributed by atoms with van der Waals surface area (Å²) < 4.78 is 0. The first kappa shape index (κ1) is 24.5. The Labute approximate surface area is 201 Å². The van der Waals surface area contributed by atoms with Crippen LogP contribution in [0.3, 0.4) is 0 Å². The van der Waals surface area contributed by atoms with E-state index in [1.165, 1.54) is 0 Å². The van der Waals surface area contributed by atoms with Gasteiger partial charge in [-0.15, -0.1) is 0 Å². The molecule has 0 aliphatic rings. The second-order valence-corrected chi connectivity index (χ2v) is 9.12. The molecule has 0 aliphatic carbocycles. The van der Waals surface area contributed by atoms with Crippen LogP contribution in [0.15, 0.2) is 78.9 Å². The third kappa shape index (κ3) is 7.47. The zero-order chi connectivity index (χ0) is 23.8. The highest BCUT2D eigenvalue weighted by Crippen LogP contribution is 2.18. The Kier molecular flexibility index (Phi) is 8.67. The van der Waals surface area contributed by atoms with Crippen LogP contribution in [0, 0.1) is 6.92 Å². The summed E-state index contributed by atoms with van der Waals surface area (Å²) >= 11 is 6.02. The maximum Gasteiger partial charge on any atom is 0.243 e. The zero-order valence-electron chi connectivity index (χ0n) is 19.4. The molecule has 3 aromatic carbocycles. The van der Waals surface area contributed by atoms with E-state index in [4.69, 9.17) is 11.6 Å². The number of nitrogens with zero attached hydrogens (tertiary/aromatic N) is 1. The van der Waals surface area contributed by atoms with E-state index >= 15 is 0 Å². The Morgan fingerprint density at radius 3 is 2.18 bits per heavy atom. The minimum Gasteiger partial charge on any atom is -0.352 e. The van der Waals surface area contributed by atoms with Crippen LogP contribution >= 0.6 is 11.6 Å². The van der Waals surface area contributed by atoms with E-state index in [0.29, 0.717) is 18.0 Å². The number of carbonyl (C=O) groups is 2. The summed E-state index contributed by atoms with van der Waals surface area (Å²) in [5.41, 5.74) is 3.98. The fraction of sp³-hybridized carbons (Fsp3) is 0.286. The predicted octanol–water partition coefficient (Wildman–Crippen LogP) is 5.36. The van der Waals surface area contributed by atoms with E-state index in [1.54, 1.807) is 17.0 Å². The molecular weight excluding hydrogens is 432 g/mol. The van der Waals surface area contributed by atoms with Gasteiger partial charge in [-0.1, -0.05) is 83.9 Å². The van der Waals surface area contributed by atoms with Crippen molar-refractivity contribution in [1.82, 2.24) is 10.2 Å². The van der Waals surface area contributed by atoms with Crippen molar-refractivity contribution in [2.45, 2.75) is 52.2 Å². The molecule has 0 radical (unpaired) electrons. The maximum atomic E-state index is 13.6. The van der Waals surface area contributed by atoms with Crippen LogP contribution < -0.4 is 5.32 Å². The van der Waals surface area contributed by atoms with Gasteiger partial charge in [-0.3, -0.25) is 9.59 Å². The highest BCUT2D eigenvalue weighted by molar-refractivity contribution is 6.30. The number of rotatable bonds is 9. The van der Waals surface area contributed by atoms with Gasteiger partial charge >= 0.3 is 0 Å². The molecule has 172 valence electrons. The number of halogens is 1. The number of aryl methyl sites for hydroxylation is 1. The average Bonchev–Trinajstić information content (AvgIpc) is 2.78. The van der Waals surface area contributed by atoms with Crippen LogP contribution in [0.4, 0.5) is 0 Å². The summed E-state index contributed by atoms with van der Waals surface area (Å²) in [5.74, 6) is -0.246. The molecule has 0 heterocycles. The summed E-state index contributed by atoms with van der Waals surface area (Å²) in [6.07, 6.45) is 0.640. The maximum absolute atomic E-state index is 13.6. The summed E-state index contributed by atoms with van der Waals surface area (Å²) in [6.45, 7) is 6.24. The van der Waals surface area contributed by atoms with Gasteiger partial charge in [-0.25, -0.2) is 0 Å². The van der Waals surface area contributed by atoms with Crippen molar-refractivity contribution >= 4 is 23.4 Å². The molecule has 4 nitrogen and oxygen atoms in total. The molecule has 1 atom stereocenters. The molecule has 0 aromatic heterocycles. The SMILES string of the molecule is Cc1cccc(CN(C(=O)Cc2ccc(Cl)cc2)[C@H](Cc2ccccc2)C(=O)NC(C)C)c1. The van der Waals surface area contributed by atoms with Gasteiger partial charge < -0.3 is 10.2 Å². The monoisotopic (exact) mass is 462 g/mol. The lowest BCUT2D eigenvalue weighted by Gasteiger charge is -2.32. The minimum atomic E-state index is -0.630. The van der Waals surface area contributed by atoms with Gasteiger partial charge in [-0.2, -0.15) is 0 Å². The van der Waals surface area contributed by atoms with Gasteiger partial charge in [0.1, 0.15) is 6.04 Å². The van der Waals surface area contributed by atoms with Gasteiger partial charge in [0.2, 0.25) is 11.8 Å². The number of amides is 2. The first-order valence-corrected chi connectivity index (χ1v) is 11.6. The summed E-state index contributed by atoms with van der Waals surface area (Å²) in [5, 5.41) is 3.64. The second-order valence-electron chi connectivity index (χ2n) is 8.68. The average molecular weight is 463 g/mol. The normalized spacial score (nSPS) is 11.8. The Balaban J connectivity index is 1.96. The van der Waals surface area contributed by atoms with Gasteiger partial charge in [0.15, 0.2) is 0 Å². The quantitative estimate of drug-likeness (QED) is 0.465. The standard InChI is InChI=1S/C28H31ClN2O2/c1-20(2)30-28(33)26(17-22-9-5-4-6-10-22)31(19-24-11-7-8-21(3)16-24)27(32)18-23-12-14-25(29)15-13-23/h4-16,20,26H,17-19H2,1-3H3,(H,30,33)/t26-/m1/s1. The number of hydrogen-bond acceptors (Lipinski definition) is 2. The minimum absolute atomic E-state index is 0.0250. The van der Waals surface area contributed by atoms with Crippen molar-refractivity contribution in [3.8, 4) is 0 Å². The first-order chi connectivity index (χ1) is 15.8. The fourth-order valence-electron chi connectivity index (χ4n) is 3.82.